The third-order valence-electron chi connectivity index (χ3n) is 3.64. The Kier molecular flexibility index (Phi) is 3.46. The number of halogens is 2. The van der Waals surface area contributed by atoms with Gasteiger partial charge in [0.2, 0.25) is 0 Å². The second kappa shape index (κ2) is 5.10. The van der Waals surface area contributed by atoms with E-state index in [-0.39, 0.29) is 17.0 Å². The first-order valence-corrected chi connectivity index (χ1v) is 6.88. The largest absolute Gasteiger partial charge is 0.374 e. The summed E-state index contributed by atoms with van der Waals surface area (Å²) < 4.78 is 19.0. The molecule has 1 heterocycles. The molecule has 102 valence electrons. The van der Waals surface area contributed by atoms with Crippen molar-refractivity contribution in [1.29, 1.82) is 0 Å². The summed E-state index contributed by atoms with van der Waals surface area (Å²) >= 11 is 5.79. The fourth-order valence-electron chi connectivity index (χ4n) is 2.47. The monoisotopic (exact) mass is 283 g/mol. The highest BCUT2D eigenvalue weighted by molar-refractivity contribution is 6.31. The minimum absolute atomic E-state index is 0.140. The zero-order chi connectivity index (χ0) is 13.4. The Morgan fingerprint density at radius 3 is 2.84 bits per heavy atom. The number of hydrogen-bond acceptors (Lipinski definition) is 2. The predicted molar refractivity (Wildman–Crippen MR) is 69.8 cm³/mol. The van der Waals surface area contributed by atoms with Gasteiger partial charge in [-0.3, -0.25) is 4.79 Å². The Labute approximate surface area is 116 Å². The summed E-state index contributed by atoms with van der Waals surface area (Å²) in [7, 11) is 0. The van der Waals surface area contributed by atoms with Crippen molar-refractivity contribution >= 4 is 17.5 Å². The molecule has 3 rings (SSSR count). The van der Waals surface area contributed by atoms with Crippen LogP contribution in [0.5, 0.6) is 0 Å². The van der Waals surface area contributed by atoms with Gasteiger partial charge in [0.15, 0.2) is 0 Å². The van der Waals surface area contributed by atoms with Crippen molar-refractivity contribution in [3.8, 4) is 0 Å². The lowest BCUT2D eigenvalue weighted by atomic mass is 10.1. The molecule has 5 heteroatoms. The van der Waals surface area contributed by atoms with Gasteiger partial charge in [0.25, 0.3) is 5.91 Å². The first kappa shape index (κ1) is 12.9. The van der Waals surface area contributed by atoms with Crippen LogP contribution in [0.4, 0.5) is 4.39 Å². The number of rotatable bonds is 2. The van der Waals surface area contributed by atoms with Gasteiger partial charge in [0.05, 0.1) is 12.7 Å². The summed E-state index contributed by atoms with van der Waals surface area (Å²) in [5.74, 6) is -0.0649. The Hall–Kier alpha value is -1.13. The molecule has 1 atom stereocenters. The minimum atomic E-state index is -0.483. The SMILES string of the molecule is O=C(c1cc(F)cc(Cl)c1)N1CCO[C@@H](C2CC2)C1. The lowest BCUT2D eigenvalue weighted by Gasteiger charge is -2.33. The van der Waals surface area contributed by atoms with Gasteiger partial charge in [-0.05, 0) is 37.0 Å². The molecule has 0 radical (unpaired) electrons. The van der Waals surface area contributed by atoms with Crippen molar-refractivity contribution in [1.82, 2.24) is 4.90 Å². The maximum Gasteiger partial charge on any atom is 0.254 e. The van der Waals surface area contributed by atoms with Crippen LogP contribution >= 0.6 is 11.6 Å². The standard InChI is InChI=1S/C14H15ClFNO2/c15-11-5-10(6-12(16)7-11)14(18)17-3-4-19-13(8-17)9-1-2-9/h5-7,9,13H,1-4,8H2/t13-/m1/s1. The van der Waals surface area contributed by atoms with Gasteiger partial charge < -0.3 is 9.64 Å². The summed E-state index contributed by atoms with van der Waals surface area (Å²) in [5, 5.41) is 0.246. The molecule has 0 unspecified atom stereocenters. The number of benzene rings is 1. The van der Waals surface area contributed by atoms with Crippen molar-refractivity contribution in [3.05, 3.63) is 34.6 Å². The van der Waals surface area contributed by atoms with Crippen molar-refractivity contribution in [3.63, 3.8) is 0 Å². The summed E-state index contributed by atoms with van der Waals surface area (Å²) in [6.45, 7) is 1.70. The highest BCUT2D eigenvalue weighted by atomic mass is 35.5. The van der Waals surface area contributed by atoms with Gasteiger partial charge in [-0.25, -0.2) is 4.39 Å². The van der Waals surface area contributed by atoms with E-state index in [9.17, 15) is 9.18 Å². The zero-order valence-corrected chi connectivity index (χ0v) is 11.2. The maximum atomic E-state index is 13.3. The topological polar surface area (TPSA) is 29.5 Å². The summed E-state index contributed by atoms with van der Waals surface area (Å²) in [6, 6.07) is 3.94. The van der Waals surface area contributed by atoms with E-state index in [1.807, 2.05) is 0 Å². The molecule has 0 bridgehead atoms. The average molecular weight is 284 g/mol. The molecule has 0 N–H and O–H groups in total. The zero-order valence-electron chi connectivity index (χ0n) is 10.4. The smallest absolute Gasteiger partial charge is 0.254 e. The van der Waals surface area contributed by atoms with Crippen LogP contribution in [0.1, 0.15) is 23.2 Å². The highest BCUT2D eigenvalue weighted by Gasteiger charge is 2.36. The first-order chi connectivity index (χ1) is 9.13. The third kappa shape index (κ3) is 2.90. The molecule has 1 aliphatic carbocycles. The Morgan fingerprint density at radius 1 is 1.37 bits per heavy atom. The molecule has 1 aromatic rings. The van der Waals surface area contributed by atoms with E-state index in [4.69, 9.17) is 16.3 Å². The van der Waals surface area contributed by atoms with Gasteiger partial charge in [-0.1, -0.05) is 11.6 Å². The van der Waals surface area contributed by atoms with E-state index >= 15 is 0 Å². The van der Waals surface area contributed by atoms with Crippen molar-refractivity contribution in [2.45, 2.75) is 18.9 Å². The van der Waals surface area contributed by atoms with Crippen molar-refractivity contribution in [2.75, 3.05) is 19.7 Å². The van der Waals surface area contributed by atoms with E-state index in [1.165, 1.54) is 31.0 Å². The van der Waals surface area contributed by atoms with Crippen LogP contribution in [0.15, 0.2) is 18.2 Å². The average Bonchev–Trinajstić information content (AvgIpc) is 3.21. The number of carbonyl (C=O) groups is 1. The summed E-state index contributed by atoms with van der Waals surface area (Å²) in [4.78, 5) is 14.1. The predicted octanol–water partition coefficient (Wildman–Crippen LogP) is 2.73. The molecule has 3 nitrogen and oxygen atoms in total. The maximum absolute atomic E-state index is 13.3. The molecular weight excluding hydrogens is 269 g/mol. The summed E-state index contributed by atoms with van der Waals surface area (Å²) in [5.41, 5.74) is 0.307. The van der Waals surface area contributed by atoms with Crippen LogP contribution in [-0.4, -0.2) is 36.6 Å². The highest BCUT2D eigenvalue weighted by Crippen LogP contribution is 2.35. The van der Waals surface area contributed by atoms with Crippen LogP contribution in [0.3, 0.4) is 0 Å². The second-order valence-corrected chi connectivity index (χ2v) is 5.59. The molecule has 2 fully saturated rings. The van der Waals surface area contributed by atoms with E-state index in [2.05, 4.69) is 0 Å². The Bertz CT molecular complexity index is 484. The molecule has 19 heavy (non-hydrogen) atoms. The fourth-order valence-corrected chi connectivity index (χ4v) is 2.69. The Morgan fingerprint density at radius 2 is 2.16 bits per heavy atom. The van der Waals surface area contributed by atoms with E-state index in [0.717, 1.165) is 0 Å². The number of nitrogens with zero attached hydrogens (tertiary/aromatic N) is 1. The quantitative estimate of drug-likeness (QED) is 0.835. The van der Waals surface area contributed by atoms with Crippen LogP contribution in [0.2, 0.25) is 5.02 Å². The van der Waals surface area contributed by atoms with Crippen LogP contribution in [-0.2, 0) is 4.74 Å². The third-order valence-corrected chi connectivity index (χ3v) is 3.86. The van der Waals surface area contributed by atoms with Crippen molar-refractivity contribution in [2.24, 2.45) is 5.92 Å². The number of morpholine rings is 1. The lowest BCUT2D eigenvalue weighted by molar-refractivity contribution is -0.0313. The molecule has 0 aromatic heterocycles. The minimum Gasteiger partial charge on any atom is -0.374 e. The van der Waals surface area contributed by atoms with E-state index in [0.29, 0.717) is 31.2 Å². The number of carbonyl (C=O) groups excluding carboxylic acids is 1. The lowest BCUT2D eigenvalue weighted by Crippen LogP contribution is -2.46. The number of amides is 1. The molecule has 1 saturated heterocycles. The number of ether oxygens (including phenoxy) is 1. The van der Waals surface area contributed by atoms with Crippen molar-refractivity contribution < 1.29 is 13.9 Å². The van der Waals surface area contributed by atoms with Gasteiger partial charge >= 0.3 is 0 Å². The molecule has 0 spiro atoms. The number of hydrogen-bond donors (Lipinski definition) is 0. The molecular formula is C14H15ClFNO2. The fraction of sp³-hybridized carbons (Fsp3) is 0.500. The molecule has 1 saturated carbocycles. The molecule has 1 aromatic carbocycles. The van der Waals surface area contributed by atoms with Crippen LogP contribution in [0, 0.1) is 11.7 Å². The van der Waals surface area contributed by atoms with Gasteiger partial charge in [0, 0.05) is 23.7 Å². The van der Waals surface area contributed by atoms with E-state index < -0.39 is 5.82 Å². The second-order valence-electron chi connectivity index (χ2n) is 5.16. The van der Waals surface area contributed by atoms with Gasteiger partial charge in [-0.15, -0.1) is 0 Å². The molecule has 2 aliphatic rings. The van der Waals surface area contributed by atoms with Crippen LogP contribution < -0.4 is 0 Å². The van der Waals surface area contributed by atoms with Crippen LogP contribution in [0.25, 0.3) is 0 Å². The van der Waals surface area contributed by atoms with E-state index in [1.54, 1.807) is 4.90 Å². The molecule has 1 amide bonds. The Balaban J connectivity index is 1.75. The molecule has 1 aliphatic heterocycles. The summed E-state index contributed by atoms with van der Waals surface area (Å²) in [6.07, 6.45) is 2.50. The van der Waals surface area contributed by atoms with Gasteiger partial charge in [-0.2, -0.15) is 0 Å². The first-order valence-electron chi connectivity index (χ1n) is 6.50. The van der Waals surface area contributed by atoms with Gasteiger partial charge in [0.1, 0.15) is 5.82 Å². The normalized spacial score (nSPS) is 23.5.